The van der Waals surface area contributed by atoms with Crippen molar-refractivity contribution in [3.63, 3.8) is 0 Å². The summed E-state index contributed by atoms with van der Waals surface area (Å²) in [5.41, 5.74) is 1.15. The van der Waals surface area contributed by atoms with Gasteiger partial charge in [-0.05, 0) is 18.2 Å². The lowest BCUT2D eigenvalue weighted by Crippen LogP contribution is -2.02. The zero-order valence-electron chi connectivity index (χ0n) is 11.9. The quantitative estimate of drug-likeness (QED) is 0.911. The summed E-state index contributed by atoms with van der Waals surface area (Å²) < 4.78 is 15.9. The maximum Gasteiger partial charge on any atom is 0.336 e. The fraction of sp³-hybridized carbons (Fsp3) is 0.200. The van der Waals surface area contributed by atoms with Gasteiger partial charge in [0.05, 0.1) is 26.9 Å². The molecule has 110 valence electrons. The number of benzene rings is 1. The smallest absolute Gasteiger partial charge is 0.336 e. The van der Waals surface area contributed by atoms with Crippen molar-refractivity contribution in [3.8, 4) is 28.4 Å². The van der Waals surface area contributed by atoms with Gasteiger partial charge in [-0.15, -0.1) is 0 Å². The Hall–Kier alpha value is -2.76. The van der Waals surface area contributed by atoms with E-state index in [4.69, 9.17) is 14.2 Å². The molecule has 1 N–H and O–H groups in total. The SMILES string of the molecule is COc1ccc(-c2cnccc2C(=O)O)c(OC)c1OC. The molecule has 0 radical (unpaired) electrons. The number of aromatic nitrogens is 1. The van der Waals surface area contributed by atoms with Gasteiger partial charge in [-0.25, -0.2) is 4.79 Å². The molecule has 0 aliphatic rings. The van der Waals surface area contributed by atoms with Crippen molar-refractivity contribution in [2.75, 3.05) is 21.3 Å². The monoisotopic (exact) mass is 289 g/mol. The maximum absolute atomic E-state index is 11.3. The zero-order chi connectivity index (χ0) is 15.4. The van der Waals surface area contributed by atoms with Crippen molar-refractivity contribution < 1.29 is 24.1 Å². The van der Waals surface area contributed by atoms with E-state index in [1.165, 1.54) is 39.8 Å². The van der Waals surface area contributed by atoms with Crippen molar-refractivity contribution in [1.82, 2.24) is 4.98 Å². The number of rotatable bonds is 5. The van der Waals surface area contributed by atoms with Crippen LogP contribution in [-0.2, 0) is 0 Å². The molecule has 0 saturated heterocycles. The van der Waals surface area contributed by atoms with Crippen LogP contribution in [-0.4, -0.2) is 37.4 Å². The van der Waals surface area contributed by atoms with Gasteiger partial charge in [0.15, 0.2) is 11.5 Å². The first-order chi connectivity index (χ1) is 10.1. The molecule has 0 atom stereocenters. The minimum absolute atomic E-state index is 0.135. The second kappa shape index (κ2) is 6.13. The van der Waals surface area contributed by atoms with Crippen LogP contribution < -0.4 is 14.2 Å². The minimum Gasteiger partial charge on any atom is -0.493 e. The number of carbonyl (C=O) groups is 1. The highest BCUT2D eigenvalue weighted by atomic mass is 16.5. The van der Waals surface area contributed by atoms with E-state index in [2.05, 4.69) is 4.98 Å². The maximum atomic E-state index is 11.3. The molecule has 1 aromatic heterocycles. The molecule has 0 aliphatic carbocycles. The Balaban J connectivity index is 2.73. The van der Waals surface area contributed by atoms with Crippen molar-refractivity contribution in [2.24, 2.45) is 0 Å². The number of carboxylic acid groups (broad SMARTS) is 1. The van der Waals surface area contributed by atoms with Crippen LogP contribution in [0.5, 0.6) is 17.2 Å². The molecule has 6 nitrogen and oxygen atoms in total. The molecule has 2 aromatic rings. The Morgan fingerprint density at radius 3 is 2.29 bits per heavy atom. The molecule has 6 heteroatoms. The lowest BCUT2D eigenvalue weighted by Gasteiger charge is -2.16. The van der Waals surface area contributed by atoms with Gasteiger partial charge in [-0.2, -0.15) is 0 Å². The Morgan fingerprint density at radius 2 is 1.71 bits per heavy atom. The largest absolute Gasteiger partial charge is 0.493 e. The fourth-order valence-corrected chi connectivity index (χ4v) is 2.11. The van der Waals surface area contributed by atoms with Crippen LogP contribution in [0, 0.1) is 0 Å². The predicted octanol–water partition coefficient (Wildman–Crippen LogP) is 2.47. The second-order valence-corrected chi connectivity index (χ2v) is 4.11. The van der Waals surface area contributed by atoms with E-state index in [-0.39, 0.29) is 5.56 Å². The van der Waals surface area contributed by atoms with Crippen LogP contribution in [0.1, 0.15) is 10.4 Å². The third-order valence-electron chi connectivity index (χ3n) is 3.05. The van der Waals surface area contributed by atoms with Gasteiger partial charge in [0.2, 0.25) is 5.75 Å². The molecule has 0 bridgehead atoms. The molecular formula is C15H15NO5. The number of ether oxygens (including phenoxy) is 3. The van der Waals surface area contributed by atoms with E-state index in [1.54, 1.807) is 12.1 Å². The van der Waals surface area contributed by atoms with Crippen LogP contribution in [0.4, 0.5) is 0 Å². The Kier molecular flexibility index (Phi) is 4.27. The number of pyridine rings is 1. The summed E-state index contributed by atoms with van der Waals surface area (Å²) >= 11 is 0. The molecule has 2 rings (SSSR count). The van der Waals surface area contributed by atoms with Crippen molar-refractivity contribution in [2.45, 2.75) is 0 Å². The molecule has 1 aromatic carbocycles. The van der Waals surface area contributed by atoms with E-state index in [1.807, 2.05) is 0 Å². The van der Waals surface area contributed by atoms with E-state index in [0.29, 0.717) is 28.4 Å². The average Bonchev–Trinajstić information content (AvgIpc) is 2.53. The highest BCUT2D eigenvalue weighted by Gasteiger charge is 2.20. The molecule has 21 heavy (non-hydrogen) atoms. The van der Waals surface area contributed by atoms with E-state index in [9.17, 15) is 9.90 Å². The summed E-state index contributed by atoms with van der Waals surface area (Å²) in [6.45, 7) is 0. The van der Waals surface area contributed by atoms with E-state index in [0.717, 1.165) is 0 Å². The van der Waals surface area contributed by atoms with Crippen molar-refractivity contribution in [3.05, 3.63) is 36.2 Å². The third-order valence-corrected chi connectivity index (χ3v) is 3.05. The van der Waals surface area contributed by atoms with Crippen LogP contribution in [0.15, 0.2) is 30.6 Å². The summed E-state index contributed by atoms with van der Waals surface area (Å²) in [7, 11) is 4.49. The summed E-state index contributed by atoms with van der Waals surface area (Å²) in [6.07, 6.45) is 2.91. The highest BCUT2D eigenvalue weighted by molar-refractivity contribution is 5.97. The van der Waals surface area contributed by atoms with Gasteiger partial charge in [-0.3, -0.25) is 4.98 Å². The molecular weight excluding hydrogens is 274 g/mol. The van der Waals surface area contributed by atoms with Crippen LogP contribution in [0.25, 0.3) is 11.1 Å². The first-order valence-corrected chi connectivity index (χ1v) is 6.10. The summed E-state index contributed by atoms with van der Waals surface area (Å²) in [5.74, 6) is 0.258. The molecule has 0 aliphatic heterocycles. The van der Waals surface area contributed by atoms with E-state index < -0.39 is 5.97 Å². The molecule has 0 unspecified atom stereocenters. The zero-order valence-corrected chi connectivity index (χ0v) is 11.9. The molecule has 0 amide bonds. The van der Waals surface area contributed by atoms with Gasteiger partial charge in [0, 0.05) is 23.5 Å². The minimum atomic E-state index is -1.04. The van der Waals surface area contributed by atoms with Gasteiger partial charge in [-0.1, -0.05) is 0 Å². The number of carboxylic acids is 1. The fourth-order valence-electron chi connectivity index (χ4n) is 2.11. The van der Waals surface area contributed by atoms with Crippen molar-refractivity contribution in [1.29, 1.82) is 0 Å². The number of methoxy groups -OCH3 is 3. The standard InChI is InChI=1S/C15H15NO5/c1-19-12-5-4-9(13(20-2)14(12)21-3)11-8-16-7-6-10(11)15(17)18/h4-8H,1-3H3,(H,17,18). The number of hydrogen-bond donors (Lipinski definition) is 1. The highest BCUT2D eigenvalue weighted by Crippen LogP contribution is 2.44. The summed E-state index contributed by atoms with van der Waals surface area (Å²) in [6, 6.07) is 4.84. The van der Waals surface area contributed by atoms with Gasteiger partial charge >= 0.3 is 5.97 Å². The second-order valence-electron chi connectivity index (χ2n) is 4.11. The predicted molar refractivity (Wildman–Crippen MR) is 76.3 cm³/mol. The van der Waals surface area contributed by atoms with Crippen molar-refractivity contribution >= 4 is 5.97 Å². The first-order valence-electron chi connectivity index (χ1n) is 6.10. The molecule has 0 fully saturated rings. The molecule has 0 spiro atoms. The van der Waals surface area contributed by atoms with Crippen LogP contribution in [0.3, 0.4) is 0 Å². The average molecular weight is 289 g/mol. The van der Waals surface area contributed by atoms with Gasteiger partial charge in [0.1, 0.15) is 0 Å². The molecule has 0 saturated carbocycles. The van der Waals surface area contributed by atoms with E-state index >= 15 is 0 Å². The Labute approximate surface area is 121 Å². The van der Waals surface area contributed by atoms with Gasteiger partial charge < -0.3 is 19.3 Å². The number of aromatic carboxylic acids is 1. The number of hydrogen-bond acceptors (Lipinski definition) is 5. The third kappa shape index (κ3) is 2.60. The normalized spacial score (nSPS) is 10.0. The first kappa shape index (κ1) is 14.6. The lowest BCUT2D eigenvalue weighted by atomic mass is 10.0. The topological polar surface area (TPSA) is 77.9 Å². The molecule has 1 heterocycles. The number of nitrogens with zero attached hydrogens (tertiary/aromatic N) is 1. The summed E-state index contributed by atoms with van der Waals surface area (Å²) in [4.78, 5) is 15.3. The van der Waals surface area contributed by atoms with Gasteiger partial charge in [0.25, 0.3) is 0 Å². The Morgan fingerprint density at radius 1 is 1.00 bits per heavy atom. The lowest BCUT2D eigenvalue weighted by molar-refractivity contribution is 0.0697. The summed E-state index contributed by atoms with van der Waals surface area (Å²) in [5, 5.41) is 9.29. The Bertz CT molecular complexity index is 669. The van der Waals surface area contributed by atoms with Crippen LogP contribution >= 0.6 is 0 Å². The van der Waals surface area contributed by atoms with Crippen LogP contribution in [0.2, 0.25) is 0 Å².